The lowest BCUT2D eigenvalue weighted by molar-refractivity contribution is 0.101. The van der Waals surface area contributed by atoms with Crippen LogP contribution in [0.5, 0.6) is 0 Å². The molecule has 0 aliphatic rings. The van der Waals surface area contributed by atoms with Crippen molar-refractivity contribution in [1.29, 1.82) is 0 Å². The molecule has 0 bridgehead atoms. The zero-order valence-corrected chi connectivity index (χ0v) is 14.0. The average molecular weight is 329 g/mol. The second-order valence-corrected chi connectivity index (χ2v) is 7.22. The Morgan fingerprint density at radius 2 is 1.65 bits per heavy atom. The second-order valence-electron chi connectivity index (χ2n) is 5.18. The molecule has 0 amide bonds. The molecule has 0 radical (unpaired) electrons. The first-order valence-corrected chi connectivity index (χ1v) is 8.64. The fourth-order valence-corrected chi connectivity index (χ4v) is 3.16. The van der Waals surface area contributed by atoms with Crippen LogP contribution in [-0.2, 0) is 10.0 Å². The summed E-state index contributed by atoms with van der Waals surface area (Å²) in [5, 5.41) is 0. The van der Waals surface area contributed by atoms with Gasteiger partial charge in [-0.05, 0) is 24.6 Å². The fraction of sp³-hybridized carbons (Fsp3) is 0.167. The van der Waals surface area contributed by atoms with Crippen LogP contribution < -0.4 is 0 Å². The Hall–Kier alpha value is -2.24. The molecule has 0 unspecified atom stereocenters. The molecule has 0 aliphatic carbocycles. The van der Waals surface area contributed by atoms with E-state index in [2.05, 4.69) is 0 Å². The van der Waals surface area contributed by atoms with Crippen LogP contribution in [0.2, 0.25) is 0 Å². The van der Waals surface area contributed by atoms with E-state index in [1.807, 2.05) is 36.4 Å². The summed E-state index contributed by atoms with van der Waals surface area (Å²) in [6.45, 7) is 1.72. The lowest BCUT2D eigenvalue weighted by atomic mass is 10.2. The fourth-order valence-electron chi connectivity index (χ4n) is 2.04. The van der Waals surface area contributed by atoms with Gasteiger partial charge in [-0.2, -0.15) is 4.31 Å². The molecule has 2 aromatic rings. The highest BCUT2D eigenvalue weighted by molar-refractivity contribution is 7.89. The van der Waals surface area contributed by atoms with Gasteiger partial charge in [0.15, 0.2) is 5.78 Å². The monoisotopic (exact) mass is 329 g/mol. The number of carbonyl (C=O) groups is 1. The Balaban J connectivity index is 2.09. The van der Waals surface area contributed by atoms with Crippen molar-refractivity contribution in [3.05, 3.63) is 71.8 Å². The standard InChI is InChI=1S/C18H19NO3S/c1-15(20)17-10-12-18(13-11-17)23(21,22)19(2)14-6-9-16-7-4-3-5-8-16/h3-13H,14H2,1-2H3. The third kappa shape index (κ3) is 4.37. The van der Waals surface area contributed by atoms with E-state index in [0.29, 0.717) is 5.56 Å². The quantitative estimate of drug-likeness (QED) is 0.765. The minimum absolute atomic E-state index is 0.0897. The number of Topliss-reactive ketones (excluding diaryl/α,β-unsaturated/α-hetero) is 1. The first-order chi connectivity index (χ1) is 10.9. The van der Waals surface area contributed by atoms with Crippen molar-refractivity contribution < 1.29 is 13.2 Å². The maximum absolute atomic E-state index is 12.5. The average Bonchev–Trinajstić information content (AvgIpc) is 2.55. The number of hydrogen-bond acceptors (Lipinski definition) is 3. The van der Waals surface area contributed by atoms with Crippen LogP contribution in [0.3, 0.4) is 0 Å². The SMILES string of the molecule is CC(=O)c1ccc(S(=O)(=O)N(C)CC=Cc2ccccc2)cc1. The van der Waals surface area contributed by atoms with Crippen molar-refractivity contribution in [2.45, 2.75) is 11.8 Å². The summed E-state index contributed by atoms with van der Waals surface area (Å²) in [6.07, 6.45) is 3.68. The number of carbonyl (C=O) groups excluding carboxylic acids is 1. The number of sulfonamides is 1. The summed E-state index contributed by atoms with van der Waals surface area (Å²) < 4.78 is 26.2. The van der Waals surface area contributed by atoms with Crippen molar-refractivity contribution >= 4 is 21.9 Å². The highest BCUT2D eigenvalue weighted by Gasteiger charge is 2.19. The molecule has 0 saturated carbocycles. The van der Waals surface area contributed by atoms with Crippen LogP contribution in [0.4, 0.5) is 0 Å². The minimum atomic E-state index is -3.57. The van der Waals surface area contributed by atoms with Crippen molar-refractivity contribution in [3.8, 4) is 0 Å². The van der Waals surface area contributed by atoms with E-state index < -0.39 is 10.0 Å². The van der Waals surface area contributed by atoms with Gasteiger partial charge >= 0.3 is 0 Å². The van der Waals surface area contributed by atoms with Gasteiger partial charge in [0.2, 0.25) is 10.0 Å². The van der Waals surface area contributed by atoms with Gasteiger partial charge < -0.3 is 0 Å². The lowest BCUT2D eigenvalue weighted by Crippen LogP contribution is -2.27. The third-order valence-electron chi connectivity index (χ3n) is 3.44. The molecule has 0 aromatic heterocycles. The summed E-state index contributed by atoms with van der Waals surface area (Å²) in [5.74, 6) is -0.0897. The molecule has 120 valence electrons. The smallest absolute Gasteiger partial charge is 0.243 e. The molecule has 2 aromatic carbocycles. The summed E-state index contributed by atoms with van der Waals surface area (Å²) in [4.78, 5) is 11.4. The topological polar surface area (TPSA) is 54.5 Å². The first kappa shape index (κ1) is 17.1. The van der Waals surface area contributed by atoms with Crippen molar-refractivity contribution in [2.75, 3.05) is 13.6 Å². The Bertz CT molecular complexity index is 794. The van der Waals surface area contributed by atoms with Gasteiger partial charge in [0.05, 0.1) is 4.90 Å². The van der Waals surface area contributed by atoms with Crippen LogP contribution in [0.1, 0.15) is 22.8 Å². The van der Waals surface area contributed by atoms with Crippen LogP contribution in [-0.4, -0.2) is 32.1 Å². The van der Waals surface area contributed by atoms with Gasteiger partial charge in [-0.1, -0.05) is 54.6 Å². The van der Waals surface area contributed by atoms with Crippen molar-refractivity contribution in [2.24, 2.45) is 0 Å². The summed E-state index contributed by atoms with van der Waals surface area (Å²) in [7, 11) is -2.03. The summed E-state index contributed by atoms with van der Waals surface area (Å²) in [6, 6.07) is 15.7. The van der Waals surface area contributed by atoms with Crippen molar-refractivity contribution in [3.63, 3.8) is 0 Å². The van der Waals surface area contributed by atoms with E-state index in [1.54, 1.807) is 6.08 Å². The van der Waals surface area contributed by atoms with Crippen LogP contribution in [0.15, 0.2) is 65.6 Å². The lowest BCUT2D eigenvalue weighted by Gasteiger charge is -2.15. The van der Waals surface area contributed by atoms with E-state index in [4.69, 9.17) is 0 Å². The molecular formula is C18H19NO3S. The Morgan fingerprint density at radius 1 is 1.04 bits per heavy atom. The van der Waals surface area contributed by atoms with Gasteiger partial charge in [-0.3, -0.25) is 4.79 Å². The van der Waals surface area contributed by atoms with E-state index >= 15 is 0 Å². The van der Waals surface area contributed by atoms with Crippen molar-refractivity contribution in [1.82, 2.24) is 4.31 Å². The zero-order chi connectivity index (χ0) is 16.9. The maximum Gasteiger partial charge on any atom is 0.243 e. The van der Waals surface area contributed by atoms with Crippen LogP contribution in [0.25, 0.3) is 6.08 Å². The van der Waals surface area contributed by atoms with E-state index in [9.17, 15) is 13.2 Å². The molecule has 0 aliphatic heterocycles. The van der Waals surface area contributed by atoms with Gasteiger partial charge in [0, 0.05) is 19.2 Å². The molecule has 2 rings (SSSR count). The largest absolute Gasteiger partial charge is 0.295 e. The Kier molecular flexibility index (Phi) is 5.47. The van der Waals surface area contributed by atoms with Gasteiger partial charge in [0.25, 0.3) is 0 Å². The number of ketones is 1. The number of likely N-dealkylation sites (N-methyl/N-ethyl adjacent to an activating group) is 1. The van der Waals surface area contributed by atoms with E-state index in [-0.39, 0.29) is 17.2 Å². The molecule has 5 heteroatoms. The molecule has 0 N–H and O–H groups in total. The van der Waals surface area contributed by atoms with Crippen LogP contribution in [0, 0.1) is 0 Å². The highest BCUT2D eigenvalue weighted by atomic mass is 32.2. The van der Waals surface area contributed by atoms with Gasteiger partial charge in [-0.15, -0.1) is 0 Å². The second kappa shape index (κ2) is 7.35. The zero-order valence-electron chi connectivity index (χ0n) is 13.1. The Labute approximate surface area is 137 Å². The predicted molar refractivity (Wildman–Crippen MR) is 91.7 cm³/mol. The molecule has 0 heterocycles. The predicted octanol–water partition coefficient (Wildman–Crippen LogP) is 3.22. The highest BCUT2D eigenvalue weighted by Crippen LogP contribution is 2.15. The molecule has 4 nitrogen and oxygen atoms in total. The molecule has 0 atom stereocenters. The van der Waals surface area contributed by atoms with E-state index in [0.717, 1.165) is 5.56 Å². The summed E-state index contributed by atoms with van der Waals surface area (Å²) >= 11 is 0. The molecule has 0 spiro atoms. The maximum atomic E-state index is 12.5. The van der Waals surface area contributed by atoms with Gasteiger partial charge in [-0.25, -0.2) is 8.42 Å². The summed E-state index contributed by atoms with van der Waals surface area (Å²) in [5.41, 5.74) is 1.51. The first-order valence-electron chi connectivity index (χ1n) is 7.20. The number of benzene rings is 2. The number of nitrogens with zero attached hydrogens (tertiary/aromatic N) is 1. The third-order valence-corrected chi connectivity index (χ3v) is 5.28. The van der Waals surface area contributed by atoms with Crippen LogP contribution >= 0.6 is 0 Å². The number of rotatable bonds is 6. The normalized spacial score (nSPS) is 12.0. The molecule has 0 saturated heterocycles. The van der Waals surface area contributed by atoms with E-state index in [1.165, 1.54) is 42.5 Å². The minimum Gasteiger partial charge on any atom is -0.295 e. The molecule has 0 fully saturated rings. The number of hydrogen-bond donors (Lipinski definition) is 0. The van der Waals surface area contributed by atoms with Gasteiger partial charge in [0.1, 0.15) is 0 Å². The Morgan fingerprint density at radius 3 is 2.22 bits per heavy atom. The molecule has 23 heavy (non-hydrogen) atoms. The molecular weight excluding hydrogens is 310 g/mol.